The lowest BCUT2D eigenvalue weighted by molar-refractivity contribution is -0.0811. The molecule has 98 valence electrons. The minimum absolute atomic E-state index is 0.117. The zero-order chi connectivity index (χ0) is 13.2. The van der Waals surface area contributed by atoms with Gasteiger partial charge in [0.25, 0.3) is 0 Å². The molecule has 0 aromatic heterocycles. The van der Waals surface area contributed by atoms with Crippen LogP contribution in [0.15, 0.2) is 24.3 Å². The first kappa shape index (κ1) is 13.3. The van der Waals surface area contributed by atoms with Crippen LogP contribution in [0.5, 0.6) is 0 Å². The summed E-state index contributed by atoms with van der Waals surface area (Å²) in [7, 11) is 0. The lowest BCUT2D eigenvalue weighted by atomic mass is 9.81. The van der Waals surface area contributed by atoms with Gasteiger partial charge in [0.15, 0.2) is 5.78 Å². The van der Waals surface area contributed by atoms with Gasteiger partial charge in [0, 0.05) is 18.1 Å². The zero-order valence-electron chi connectivity index (χ0n) is 11.5. The number of ether oxygens (including phenoxy) is 1. The van der Waals surface area contributed by atoms with Crippen LogP contribution in [-0.4, -0.2) is 18.0 Å². The first-order valence-corrected chi connectivity index (χ1v) is 6.79. The Hall–Kier alpha value is -1.15. The summed E-state index contributed by atoms with van der Waals surface area (Å²) < 4.78 is 5.80. The number of rotatable bonds is 3. The largest absolute Gasteiger partial charge is 0.375 e. The fourth-order valence-corrected chi connectivity index (χ4v) is 2.55. The van der Waals surface area contributed by atoms with Crippen molar-refractivity contribution < 1.29 is 9.53 Å². The van der Waals surface area contributed by atoms with E-state index in [9.17, 15) is 4.79 Å². The molecule has 0 radical (unpaired) electrons. The number of aryl methyl sites for hydroxylation is 1. The van der Waals surface area contributed by atoms with Crippen LogP contribution in [0.3, 0.4) is 0 Å². The summed E-state index contributed by atoms with van der Waals surface area (Å²) >= 11 is 0. The van der Waals surface area contributed by atoms with Crippen LogP contribution in [-0.2, 0) is 4.74 Å². The van der Waals surface area contributed by atoms with Crippen molar-refractivity contribution in [1.29, 1.82) is 0 Å². The molecular formula is C16H22O2. The Labute approximate surface area is 109 Å². The standard InChI is InChI=1S/C16H22O2/c1-4-16(3)11-14(9-10-18-16)15(17)13-7-5-12(2)6-8-13/h5-8,14H,4,9-11H2,1-3H3/t14-,16-/m0/s1. The van der Waals surface area contributed by atoms with Gasteiger partial charge in [-0.15, -0.1) is 0 Å². The molecule has 0 amide bonds. The van der Waals surface area contributed by atoms with Crippen LogP contribution in [0.4, 0.5) is 0 Å². The second kappa shape index (κ2) is 5.23. The van der Waals surface area contributed by atoms with E-state index in [2.05, 4.69) is 13.8 Å². The van der Waals surface area contributed by atoms with Crippen molar-refractivity contribution in [2.75, 3.05) is 6.61 Å². The second-order valence-corrected chi connectivity index (χ2v) is 5.57. The number of hydrogen-bond donors (Lipinski definition) is 0. The highest BCUT2D eigenvalue weighted by Gasteiger charge is 2.35. The Morgan fingerprint density at radius 3 is 2.67 bits per heavy atom. The molecule has 0 unspecified atom stereocenters. The van der Waals surface area contributed by atoms with Gasteiger partial charge in [0.2, 0.25) is 0 Å². The van der Waals surface area contributed by atoms with Crippen molar-refractivity contribution in [2.45, 2.75) is 45.6 Å². The van der Waals surface area contributed by atoms with Crippen molar-refractivity contribution in [1.82, 2.24) is 0 Å². The minimum atomic E-state index is -0.122. The van der Waals surface area contributed by atoms with Gasteiger partial charge in [-0.25, -0.2) is 0 Å². The molecule has 1 fully saturated rings. The average Bonchev–Trinajstić information content (AvgIpc) is 2.39. The smallest absolute Gasteiger partial charge is 0.166 e. The average molecular weight is 246 g/mol. The summed E-state index contributed by atoms with van der Waals surface area (Å²) in [6.07, 6.45) is 2.66. The molecule has 0 aliphatic carbocycles. The van der Waals surface area contributed by atoms with Crippen LogP contribution in [0, 0.1) is 12.8 Å². The monoisotopic (exact) mass is 246 g/mol. The van der Waals surface area contributed by atoms with Crippen LogP contribution in [0.25, 0.3) is 0 Å². The highest BCUT2D eigenvalue weighted by molar-refractivity contribution is 5.98. The molecule has 18 heavy (non-hydrogen) atoms. The Morgan fingerprint density at radius 2 is 2.06 bits per heavy atom. The van der Waals surface area contributed by atoms with Gasteiger partial charge in [-0.1, -0.05) is 36.8 Å². The third-order valence-corrected chi connectivity index (χ3v) is 4.05. The maximum Gasteiger partial charge on any atom is 0.166 e. The summed E-state index contributed by atoms with van der Waals surface area (Å²) in [6, 6.07) is 7.89. The molecule has 2 nitrogen and oxygen atoms in total. The van der Waals surface area contributed by atoms with Crippen molar-refractivity contribution in [3.8, 4) is 0 Å². The highest BCUT2D eigenvalue weighted by atomic mass is 16.5. The third-order valence-electron chi connectivity index (χ3n) is 4.05. The maximum atomic E-state index is 12.5. The van der Waals surface area contributed by atoms with E-state index >= 15 is 0 Å². The summed E-state index contributed by atoms with van der Waals surface area (Å²) in [4.78, 5) is 12.5. The van der Waals surface area contributed by atoms with Crippen molar-refractivity contribution in [3.05, 3.63) is 35.4 Å². The molecule has 2 heteroatoms. The zero-order valence-corrected chi connectivity index (χ0v) is 11.5. The molecule has 1 aromatic carbocycles. The van der Waals surface area contributed by atoms with Gasteiger partial charge in [-0.05, 0) is 33.1 Å². The summed E-state index contributed by atoms with van der Waals surface area (Å²) in [5.41, 5.74) is 1.91. The van der Waals surface area contributed by atoms with Gasteiger partial charge < -0.3 is 4.74 Å². The molecule has 0 saturated carbocycles. The SMILES string of the molecule is CC[C@@]1(C)C[C@@H](C(=O)c2ccc(C)cc2)CCO1. The molecule has 2 rings (SSSR count). The Kier molecular flexibility index (Phi) is 3.86. The van der Waals surface area contributed by atoms with Gasteiger partial charge in [0.05, 0.1) is 5.60 Å². The predicted molar refractivity (Wildman–Crippen MR) is 72.9 cm³/mol. The molecule has 1 aliphatic rings. The number of hydrogen-bond acceptors (Lipinski definition) is 2. The van der Waals surface area contributed by atoms with Crippen LogP contribution in [0.1, 0.15) is 49.0 Å². The van der Waals surface area contributed by atoms with E-state index < -0.39 is 0 Å². The Bertz CT molecular complexity index is 421. The molecule has 1 saturated heterocycles. The molecule has 0 spiro atoms. The lowest BCUT2D eigenvalue weighted by Gasteiger charge is -2.37. The highest BCUT2D eigenvalue weighted by Crippen LogP contribution is 2.33. The van der Waals surface area contributed by atoms with Crippen molar-refractivity contribution >= 4 is 5.78 Å². The normalized spacial score (nSPS) is 28.1. The van der Waals surface area contributed by atoms with E-state index in [0.29, 0.717) is 6.61 Å². The first-order chi connectivity index (χ1) is 8.54. The number of carbonyl (C=O) groups excluding carboxylic acids is 1. The molecule has 1 aliphatic heterocycles. The topological polar surface area (TPSA) is 26.3 Å². The first-order valence-electron chi connectivity index (χ1n) is 6.79. The lowest BCUT2D eigenvalue weighted by Crippen LogP contribution is -2.39. The van der Waals surface area contributed by atoms with Crippen LogP contribution in [0.2, 0.25) is 0 Å². The maximum absolute atomic E-state index is 12.5. The Morgan fingerprint density at radius 1 is 1.39 bits per heavy atom. The second-order valence-electron chi connectivity index (χ2n) is 5.57. The van der Waals surface area contributed by atoms with Gasteiger partial charge >= 0.3 is 0 Å². The van der Waals surface area contributed by atoms with E-state index in [0.717, 1.165) is 24.8 Å². The molecule has 1 heterocycles. The van der Waals surface area contributed by atoms with Crippen molar-refractivity contribution in [2.24, 2.45) is 5.92 Å². The summed E-state index contributed by atoms with van der Waals surface area (Å²) in [6.45, 7) is 6.98. The number of benzene rings is 1. The number of Topliss-reactive ketones (excluding diaryl/α,β-unsaturated/α-hetero) is 1. The fourth-order valence-electron chi connectivity index (χ4n) is 2.55. The molecule has 2 atom stereocenters. The minimum Gasteiger partial charge on any atom is -0.375 e. The summed E-state index contributed by atoms with van der Waals surface area (Å²) in [5.74, 6) is 0.393. The number of ketones is 1. The fraction of sp³-hybridized carbons (Fsp3) is 0.562. The Balaban J connectivity index is 2.11. The number of carbonyl (C=O) groups is 1. The van der Waals surface area contributed by atoms with Crippen molar-refractivity contribution in [3.63, 3.8) is 0 Å². The molecular weight excluding hydrogens is 224 g/mol. The van der Waals surface area contributed by atoms with Crippen LogP contribution >= 0.6 is 0 Å². The molecule has 0 N–H and O–H groups in total. The van der Waals surface area contributed by atoms with Gasteiger partial charge in [-0.2, -0.15) is 0 Å². The predicted octanol–water partition coefficient (Wildman–Crippen LogP) is 3.77. The van der Waals surface area contributed by atoms with E-state index in [4.69, 9.17) is 4.74 Å². The van der Waals surface area contributed by atoms with E-state index in [1.165, 1.54) is 5.56 Å². The molecule has 0 bridgehead atoms. The van der Waals surface area contributed by atoms with E-state index in [1.54, 1.807) is 0 Å². The van der Waals surface area contributed by atoms with Crippen LogP contribution < -0.4 is 0 Å². The van der Waals surface area contributed by atoms with E-state index in [-0.39, 0.29) is 17.3 Å². The quantitative estimate of drug-likeness (QED) is 0.759. The third kappa shape index (κ3) is 2.81. The van der Waals surface area contributed by atoms with Gasteiger partial charge in [0.1, 0.15) is 0 Å². The summed E-state index contributed by atoms with van der Waals surface area (Å²) in [5, 5.41) is 0. The van der Waals surface area contributed by atoms with E-state index in [1.807, 2.05) is 31.2 Å². The van der Waals surface area contributed by atoms with Gasteiger partial charge in [-0.3, -0.25) is 4.79 Å². The molecule has 1 aromatic rings.